The molecule has 1 fully saturated rings. The Kier molecular flexibility index (Phi) is 6.85. The van der Waals surface area contributed by atoms with E-state index >= 15 is 0 Å². The number of fused-ring (bicyclic) bond motifs is 1. The second kappa shape index (κ2) is 10.5. The van der Waals surface area contributed by atoms with Gasteiger partial charge in [0.1, 0.15) is 5.75 Å². The average Bonchev–Trinajstić information content (AvgIpc) is 3.30. The molecule has 1 aliphatic rings. The third-order valence-electron chi connectivity index (χ3n) is 6.66. The summed E-state index contributed by atoms with van der Waals surface area (Å²) in [5, 5.41) is 1.07. The molecule has 0 spiro atoms. The van der Waals surface area contributed by atoms with Crippen molar-refractivity contribution in [2.45, 2.75) is 6.42 Å². The molecule has 1 aliphatic heterocycles. The Morgan fingerprint density at radius 1 is 0.889 bits per heavy atom. The molecule has 6 nitrogen and oxygen atoms in total. The van der Waals surface area contributed by atoms with Crippen molar-refractivity contribution in [3.8, 4) is 17.0 Å². The monoisotopic (exact) mass is 479 g/mol. The van der Waals surface area contributed by atoms with E-state index in [-0.39, 0.29) is 11.8 Å². The number of nitrogens with one attached hydrogen (secondary N) is 1. The Morgan fingerprint density at radius 3 is 2.39 bits per heavy atom. The van der Waals surface area contributed by atoms with Crippen LogP contribution >= 0.6 is 0 Å². The number of amides is 2. The fraction of sp³-hybridized carbons (Fsp3) is 0.200. The largest absolute Gasteiger partial charge is 0.497 e. The van der Waals surface area contributed by atoms with Gasteiger partial charge in [-0.1, -0.05) is 60.7 Å². The van der Waals surface area contributed by atoms with Crippen LogP contribution in [0.15, 0.2) is 84.9 Å². The zero-order chi connectivity index (χ0) is 24.9. The number of carbonyl (C=O) groups is 2. The smallest absolute Gasteiger partial charge is 0.246 e. The first-order valence-corrected chi connectivity index (χ1v) is 12.2. The van der Waals surface area contributed by atoms with Gasteiger partial charge >= 0.3 is 0 Å². The van der Waals surface area contributed by atoms with Gasteiger partial charge in [-0.25, -0.2) is 0 Å². The molecule has 0 aliphatic carbocycles. The Labute approximate surface area is 210 Å². The van der Waals surface area contributed by atoms with Gasteiger partial charge in [-0.2, -0.15) is 0 Å². The molecule has 36 heavy (non-hydrogen) atoms. The van der Waals surface area contributed by atoms with Crippen LogP contribution in [-0.2, 0) is 16.0 Å². The Hall–Kier alpha value is -4.32. The molecule has 4 aromatic rings. The highest BCUT2D eigenvalue weighted by Gasteiger charge is 2.25. The molecule has 2 heterocycles. The molecule has 1 aromatic heterocycles. The summed E-state index contributed by atoms with van der Waals surface area (Å²) in [7, 11) is 1.62. The highest BCUT2D eigenvalue weighted by Crippen LogP contribution is 2.31. The summed E-state index contributed by atoms with van der Waals surface area (Å²) in [6.45, 7) is 2.10. The fourth-order valence-electron chi connectivity index (χ4n) is 4.69. The van der Waals surface area contributed by atoms with Crippen molar-refractivity contribution in [3.63, 3.8) is 0 Å². The van der Waals surface area contributed by atoms with Crippen LogP contribution in [0.1, 0.15) is 11.1 Å². The predicted molar refractivity (Wildman–Crippen MR) is 143 cm³/mol. The third kappa shape index (κ3) is 5.03. The number of hydrogen-bond donors (Lipinski definition) is 1. The van der Waals surface area contributed by atoms with Crippen LogP contribution in [0.3, 0.4) is 0 Å². The number of para-hydroxylation sites is 1. The first-order chi connectivity index (χ1) is 17.6. The molecular formula is C30H29N3O3. The van der Waals surface area contributed by atoms with Gasteiger partial charge < -0.3 is 19.5 Å². The highest BCUT2D eigenvalue weighted by atomic mass is 16.5. The van der Waals surface area contributed by atoms with Gasteiger partial charge in [0, 0.05) is 43.2 Å². The summed E-state index contributed by atoms with van der Waals surface area (Å²) in [6.07, 6.45) is 3.70. The molecule has 0 atom stereocenters. The normalized spacial score (nSPS) is 13.9. The summed E-state index contributed by atoms with van der Waals surface area (Å²) >= 11 is 0. The van der Waals surface area contributed by atoms with E-state index in [1.807, 2.05) is 65.6 Å². The van der Waals surface area contributed by atoms with Crippen molar-refractivity contribution in [1.82, 2.24) is 14.8 Å². The Morgan fingerprint density at radius 2 is 1.61 bits per heavy atom. The van der Waals surface area contributed by atoms with Gasteiger partial charge in [0.05, 0.1) is 19.2 Å². The van der Waals surface area contributed by atoms with Crippen molar-refractivity contribution in [2.75, 3.05) is 33.3 Å². The highest BCUT2D eigenvalue weighted by molar-refractivity contribution is 5.95. The summed E-state index contributed by atoms with van der Waals surface area (Å²) in [4.78, 5) is 33.2. The quantitative estimate of drug-likeness (QED) is 0.405. The van der Waals surface area contributed by atoms with Crippen molar-refractivity contribution < 1.29 is 14.3 Å². The van der Waals surface area contributed by atoms with Crippen LogP contribution in [0.4, 0.5) is 0 Å². The Bertz CT molecular complexity index is 1400. The van der Waals surface area contributed by atoms with Gasteiger partial charge in [0.25, 0.3) is 0 Å². The number of ether oxygens (including phenoxy) is 1. The van der Waals surface area contributed by atoms with Gasteiger partial charge in [-0.15, -0.1) is 0 Å². The van der Waals surface area contributed by atoms with Crippen molar-refractivity contribution in [3.05, 3.63) is 96.1 Å². The second-order valence-corrected chi connectivity index (χ2v) is 8.88. The lowest BCUT2D eigenvalue weighted by atomic mass is 10.0. The summed E-state index contributed by atoms with van der Waals surface area (Å²) in [5.41, 5.74) is 5.00. The summed E-state index contributed by atoms with van der Waals surface area (Å²) in [5.74, 6) is 0.784. The number of carbonyl (C=O) groups excluding carboxylic acids is 2. The first kappa shape index (κ1) is 23.4. The summed E-state index contributed by atoms with van der Waals surface area (Å²) < 4.78 is 5.24. The van der Waals surface area contributed by atoms with E-state index < -0.39 is 0 Å². The molecule has 0 bridgehead atoms. The van der Waals surface area contributed by atoms with Gasteiger partial charge in [0.15, 0.2) is 0 Å². The molecule has 0 radical (unpaired) electrons. The number of hydrogen-bond acceptors (Lipinski definition) is 3. The molecule has 3 aromatic carbocycles. The van der Waals surface area contributed by atoms with Gasteiger partial charge in [-0.05, 0) is 41.0 Å². The molecule has 0 unspecified atom stereocenters. The van der Waals surface area contributed by atoms with E-state index in [0.29, 0.717) is 32.6 Å². The third-order valence-corrected chi connectivity index (χ3v) is 6.66. The van der Waals surface area contributed by atoms with E-state index in [0.717, 1.165) is 39.0 Å². The van der Waals surface area contributed by atoms with Crippen LogP contribution in [0.2, 0.25) is 0 Å². The number of H-pyrrole nitrogens is 1. The predicted octanol–water partition coefficient (Wildman–Crippen LogP) is 4.77. The number of aromatic nitrogens is 1. The van der Waals surface area contributed by atoms with Crippen LogP contribution in [0.25, 0.3) is 28.2 Å². The topological polar surface area (TPSA) is 65.6 Å². The molecule has 1 N–H and O–H groups in total. The van der Waals surface area contributed by atoms with E-state index in [2.05, 4.69) is 23.2 Å². The molecule has 1 saturated heterocycles. The molecule has 2 amide bonds. The first-order valence-electron chi connectivity index (χ1n) is 12.2. The maximum absolute atomic E-state index is 13.3. The lowest BCUT2D eigenvalue weighted by molar-refractivity contribution is -0.136. The van der Waals surface area contributed by atoms with E-state index in [1.54, 1.807) is 24.2 Å². The standard InChI is InChI=1S/C30H29N3O3/c1-36-24-11-7-8-22(20-24)14-15-28(34)32-16-18-33(19-17-32)29(35)21-26-25-12-5-6-13-27(25)31-30(26)23-9-3-2-4-10-23/h2-15,20,31H,16-19,21H2,1H3/b15-14+. The number of benzene rings is 3. The zero-order valence-electron chi connectivity index (χ0n) is 20.3. The fourth-order valence-corrected chi connectivity index (χ4v) is 4.69. The van der Waals surface area contributed by atoms with E-state index in [1.165, 1.54) is 0 Å². The van der Waals surface area contributed by atoms with Crippen molar-refractivity contribution in [2.24, 2.45) is 0 Å². The van der Waals surface area contributed by atoms with Crippen LogP contribution in [-0.4, -0.2) is 59.9 Å². The van der Waals surface area contributed by atoms with Crippen LogP contribution in [0.5, 0.6) is 5.75 Å². The minimum atomic E-state index is -0.0482. The number of nitrogens with zero attached hydrogens (tertiary/aromatic N) is 2. The number of methoxy groups -OCH3 is 1. The Balaban J connectivity index is 1.24. The second-order valence-electron chi connectivity index (χ2n) is 8.88. The lowest BCUT2D eigenvalue weighted by Gasteiger charge is -2.34. The molecule has 182 valence electrons. The number of aromatic amines is 1. The van der Waals surface area contributed by atoms with Crippen LogP contribution < -0.4 is 4.74 Å². The van der Waals surface area contributed by atoms with E-state index in [9.17, 15) is 9.59 Å². The number of piperazine rings is 1. The minimum absolute atomic E-state index is 0.0482. The number of rotatable bonds is 6. The van der Waals surface area contributed by atoms with Crippen molar-refractivity contribution in [1.29, 1.82) is 0 Å². The molecule has 0 saturated carbocycles. The molecular weight excluding hydrogens is 450 g/mol. The van der Waals surface area contributed by atoms with Gasteiger partial charge in [-0.3, -0.25) is 9.59 Å². The maximum atomic E-state index is 13.3. The minimum Gasteiger partial charge on any atom is -0.497 e. The lowest BCUT2D eigenvalue weighted by Crippen LogP contribution is -2.50. The van der Waals surface area contributed by atoms with E-state index in [4.69, 9.17) is 4.74 Å². The zero-order valence-corrected chi connectivity index (χ0v) is 20.3. The van der Waals surface area contributed by atoms with Gasteiger partial charge in [0.2, 0.25) is 11.8 Å². The SMILES string of the molecule is COc1cccc(/C=C/C(=O)N2CCN(C(=O)Cc3c(-c4ccccc4)[nH]c4ccccc34)CC2)c1. The van der Waals surface area contributed by atoms with Crippen molar-refractivity contribution >= 4 is 28.8 Å². The van der Waals surface area contributed by atoms with Crippen LogP contribution in [0, 0.1) is 0 Å². The molecule has 6 heteroatoms. The average molecular weight is 480 g/mol. The molecule has 5 rings (SSSR count). The summed E-state index contributed by atoms with van der Waals surface area (Å²) in [6, 6.07) is 25.8. The maximum Gasteiger partial charge on any atom is 0.246 e.